The van der Waals surface area contributed by atoms with Gasteiger partial charge in [0.15, 0.2) is 0 Å². The molecule has 116 valence electrons. The molecule has 0 atom stereocenters. The van der Waals surface area contributed by atoms with Crippen molar-refractivity contribution in [3.05, 3.63) is 58.8 Å². The quantitative estimate of drug-likeness (QED) is 0.736. The van der Waals surface area contributed by atoms with E-state index in [-0.39, 0.29) is 5.43 Å². The van der Waals surface area contributed by atoms with Crippen LogP contribution in [0.1, 0.15) is 0 Å². The number of hydrogen-bond donors (Lipinski definition) is 0. The van der Waals surface area contributed by atoms with Crippen LogP contribution < -0.4 is 14.9 Å². The van der Waals surface area contributed by atoms with Crippen LogP contribution in [-0.2, 0) is 0 Å². The number of benzene rings is 2. The van der Waals surface area contributed by atoms with Crippen molar-refractivity contribution in [3.8, 4) is 34.0 Å². The van der Waals surface area contributed by atoms with Gasteiger partial charge in [-0.05, 0) is 24.3 Å². The molecule has 0 radical (unpaired) electrons. The Labute approximate surface area is 137 Å². The number of rotatable bonds is 4. The molecule has 0 saturated carbocycles. The summed E-state index contributed by atoms with van der Waals surface area (Å²) in [7, 11) is 3.13. The van der Waals surface area contributed by atoms with Crippen molar-refractivity contribution < 1.29 is 9.47 Å². The zero-order valence-corrected chi connectivity index (χ0v) is 13.5. The van der Waals surface area contributed by atoms with E-state index < -0.39 is 0 Å². The maximum atomic E-state index is 12.9. The van der Waals surface area contributed by atoms with Crippen LogP contribution in [0.3, 0.4) is 0 Å². The van der Waals surface area contributed by atoms with Crippen LogP contribution in [0.25, 0.3) is 22.5 Å². The van der Waals surface area contributed by atoms with Crippen LogP contribution in [0.15, 0.2) is 53.3 Å². The van der Waals surface area contributed by atoms with Crippen LogP contribution >= 0.6 is 11.7 Å². The molecule has 0 aliphatic rings. The van der Waals surface area contributed by atoms with E-state index in [1.807, 2.05) is 24.3 Å². The van der Waals surface area contributed by atoms with Gasteiger partial charge < -0.3 is 9.47 Å². The van der Waals surface area contributed by atoms with Gasteiger partial charge in [-0.15, -0.1) is 0 Å². The van der Waals surface area contributed by atoms with E-state index in [0.29, 0.717) is 34.0 Å². The Morgan fingerprint density at radius 2 is 1.22 bits per heavy atom. The van der Waals surface area contributed by atoms with Gasteiger partial charge in [-0.25, -0.2) is 0 Å². The maximum Gasteiger partial charge on any atom is 0.233 e. The molecule has 1 heterocycles. The first-order valence-corrected chi connectivity index (χ1v) is 7.63. The Kier molecular flexibility index (Phi) is 4.34. The molecule has 0 aliphatic carbocycles. The predicted octanol–water partition coefficient (Wildman–Crippen LogP) is 3.25. The summed E-state index contributed by atoms with van der Waals surface area (Å²) in [6.07, 6.45) is 0. The molecular weight excluding hydrogens is 312 g/mol. The van der Waals surface area contributed by atoms with Gasteiger partial charge in [0.25, 0.3) is 0 Å². The fourth-order valence-corrected chi connectivity index (χ4v) is 2.89. The summed E-state index contributed by atoms with van der Waals surface area (Å²) in [5.41, 5.74) is 1.69. The largest absolute Gasteiger partial charge is 0.496 e. The van der Waals surface area contributed by atoms with E-state index in [0.717, 1.165) is 11.7 Å². The lowest BCUT2D eigenvalue weighted by molar-refractivity contribution is 0.416. The molecule has 0 aliphatic heterocycles. The second-order valence-corrected chi connectivity index (χ2v) is 5.22. The van der Waals surface area contributed by atoms with E-state index in [1.165, 1.54) is 0 Å². The van der Waals surface area contributed by atoms with Crippen molar-refractivity contribution in [1.29, 1.82) is 0 Å². The third-order valence-electron chi connectivity index (χ3n) is 3.42. The van der Waals surface area contributed by atoms with Crippen molar-refractivity contribution in [3.63, 3.8) is 0 Å². The first-order chi connectivity index (χ1) is 11.3. The predicted molar refractivity (Wildman–Crippen MR) is 90.2 cm³/mol. The lowest BCUT2D eigenvalue weighted by Gasteiger charge is -2.09. The number of aromatic nitrogens is 2. The van der Waals surface area contributed by atoms with Gasteiger partial charge in [-0.2, -0.15) is 8.75 Å². The highest BCUT2D eigenvalue weighted by Crippen LogP contribution is 2.30. The molecule has 0 saturated heterocycles. The summed E-state index contributed by atoms with van der Waals surface area (Å²) in [5.74, 6) is 1.20. The minimum atomic E-state index is -0.252. The molecule has 3 aromatic rings. The molecule has 23 heavy (non-hydrogen) atoms. The van der Waals surface area contributed by atoms with E-state index >= 15 is 0 Å². The minimum absolute atomic E-state index is 0.252. The monoisotopic (exact) mass is 326 g/mol. The first-order valence-electron chi connectivity index (χ1n) is 6.90. The first kappa shape index (κ1) is 15.2. The zero-order valence-electron chi connectivity index (χ0n) is 12.6. The van der Waals surface area contributed by atoms with E-state index in [2.05, 4.69) is 8.75 Å². The highest BCUT2D eigenvalue weighted by Gasteiger charge is 2.17. The lowest BCUT2D eigenvalue weighted by Crippen LogP contribution is -2.11. The molecule has 0 amide bonds. The fourth-order valence-electron chi connectivity index (χ4n) is 2.32. The number of ether oxygens (including phenoxy) is 2. The van der Waals surface area contributed by atoms with Gasteiger partial charge in [0.05, 0.1) is 25.9 Å². The second-order valence-electron chi connectivity index (χ2n) is 4.69. The molecule has 0 bridgehead atoms. The van der Waals surface area contributed by atoms with E-state index in [9.17, 15) is 4.79 Å². The Balaban J connectivity index is 2.22. The number of hydrogen-bond acceptors (Lipinski definition) is 6. The van der Waals surface area contributed by atoms with Gasteiger partial charge in [0, 0.05) is 11.1 Å². The van der Waals surface area contributed by atoms with Gasteiger partial charge >= 0.3 is 0 Å². The summed E-state index contributed by atoms with van der Waals surface area (Å²) >= 11 is 0.987. The summed E-state index contributed by atoms with van der Waals surface area (Å²) < 4.78 is 19.0. The van der Waals surface area contributed by atoms with Crippen molar-refractivity contribution in [2.24, 2.45) is 0 Å². The SMILES string of the molecule is COc1ccccc1-c1nsnc(-c2ccccc2OC)c1=O. The van der Waals surface area contributed by atoms with Gasteiger partial charge in [0.1, 0.15) is 22.9 Å². The third-order valence-corrected chi connectivity index (χ3v) is 3.95. The normalized spacial score (nSPS) is 10.3. The van der Waals surface area contributed by atoms with Crippen molar-refractivity contribution in [1.82, 2.24) is 8.75 Å². The molecule has 0 N–H and O–H groups in total. The van der Waals surface area contributed by atoms with E-state index in [4.69, 9.17) is 9.47 Å². The molecular formula is C17H14N2O3S. The van der Waals surface area contributed by atoms with E-state index in [1.54, 1.807) is 38.5 Å². The summed E-state index contributed by atoms with van der Waals surface area (Å²) in [6.45, 7) is 0. The molecule has 5 nitrogen and oxygen atoms in total. The van der Waals surface area contributed by atoms with Gasteiger partial charge in [-0.3, -0.25) is 4.79 Å². The molecule has 0 unspecified atom stereocenters. The smallest absolute Gasteiger partial charge is 0.233 e. The maximum absolute atomic E-state index is 12.9. The number of para-hydroxylation sites is 2. The van der Waals surface area contributed by atoms with Crippen LogP contribution in [0.5, 0.6) is 11.5 Å². The highest BCUT2D eigenvalue weighted by atomic mass is 32.1. The lowest BCUT2D eigenvalue weighted by atomic mass is 10.1. The summed E-state index contributed by atoms with van der Waals surface area (Å²) in [5, 5.41) is 0. The Morgan fingerprint density at radius 1 is 0.783 bits per heavy atom. The molecule has 3 rings (SSSR count). The summed E-state index contributed by atoms with van der Waals surface area (Å²) in [4.78, 5) is 12.9. The molecule has 1 aromatic heterocycles. The van der Waals surface area contributed by atoms with Crippen molar-refractivity contribution >= 4 is 11.7 Å². The molecule has 6 heteroatoms. The van der Waals surface area contributed by atoms with Gasteiger partial charge in [0.2, 0.25) is 5.43 Å². The van der Waals surface area contributed by atoms with Gasteiger partial charge in [-0.1, -0.05) is 24.3 Å². The molecule has 2 aromatic carbocycles. The second kappa shape index (κ2) is 6.58. The zero-order chi connectivity index (χ0) is 16.2. The Hall–Kier alpha value is -2.73. The molecule has 0 fully saturated rings. The van der Waals surface area contributed by atoms with Crippen molar-refractivity contribution in [2.45, 2.75) is 0 Å². The fraction of sp³-hybridized carbons (Fsp3) is 0.118. The van der Waals surface area contributed by atoms with Crippen molar-refractivity contribution in [2.75, 3.05) is 14.2 Å². The number of nitrogens with zero attached hydrogens (tertiary/aromatic N) is 2. The van der Waals surface area contributed by atoms with Crippen LogP contribution in [-0.4, -0.2) is 23.0 Å². The average Bonchev–Trinajstić information content (AvgIpc) is 2.62. The van der Waals surface area contributed by atoms with Crippen LogP contribution in [0.2, 0.25) is 0 Å². The van der Waals surface area contributed by atoms with Crippen LogP contribution in [0.4, 0.5) is 0 Å². The topological polar surface area (TPSA) is 61.3 Å². The average molecular weight is 326 g/mol. The summed E-state index contributed by atoms with van der Waals surface area (Å²) in [6, 6.07) is 14.6. The Morgan fingerprint density at radius 3 is 1.65 bits per heavy atom. The number of methoxy groups -OCH3 is 2. The Bertz CT molecular complexity index is 824. The molecule has 0 spiro atoms. The highest BCUT2D eigenvalue weighted by molar-refractivity contribution is 6.99. The standard InChI is InChI=1S/C17H14N2O3S/c1-21-13-9-5-3-7-11(13)15-17(20)16(19-23-18-15)12-8-4-6-10-14(12)22-2/h3-10H,1-2H3. The van der Waals surface area contributed by atoms with Crippen LogP contribution in [0, 0.1) is 0 Å². The minimum Gasteiger partial charge on any atom is -0.496 e. The third kappa shape index (κ3) is 2.80.